The number of carboxylic acid groups (broad SMARTS) is 1. The largest absolute Gasteiger partial charge is 0.480 e. The number of rotatable bonds is 8. The number of hydrogen-bond acceptors (Lipinski definition) is 5. The van der Waals surface area contributed by atoms with Crippen LogP contribution in [0.25, 0.3) is 0 Å². The number of nitro groups is 1. The lowest BCUT2D eigenvalue weighted by Gasteiger charge is -2.18. The van der Waals surface area contributed by atoms with E-state index in [0.717, 1.165) is 0 Å². The number of non-ortho nitro benzene ring substituents is 1. The molecule has 0 fully saturated rings. The second-order valence-electron chi connectivity index (χ2n) is 5.67. The highest BCUT2D eigenvalue weighted by Crippen LogP contribution is 2.13. The van der Waals surface area contributed by atoms with Crippen molar-refractivity contribution in [1.29, 1.82) is 0 Å². The number of amides is 1. The van der Waals surface area contributed by atoms with E-state index in [9.17, 15) is 29.9 Å². The van der Waals surface area contributed by atoms with Crippen LogP contribution in [0.1, 0.15) is 25.8 Å². The number of aliphatic carboxylic acids is 1. The fourth-order valence-electron chi connectivity index (χ4n) is 2.01. The molecule has 3 N–H and O–H groups in total. The van der Waals surface area contributed by atoms with E-state index in [2.05, 4.69) is 5.32 Å². The average molecular weight is 324 g/mol. The Kier molecular flexibility index (Phi) is 6.65. The van der Waals surface area contributed by atoms with E-state index in [-0.39, 0.29) is 24.4 Å². The van der Waals surface area contributed by atoms with Crippen LogP contribution in [0.3, 0.4) is 0 Å². The van der Waals surface area contributed by atoms with Gasteiger partial charge in [0, 0.05) is 18.6 Å². The first-order valence-corrected chi connectivity index (χ1v) is 7.15. The van der Waals surface area contributed by atoms with Crippen LogP contribution in [0.15, 0.2) is 24.3 Å². The summed E-state index contributed by atoms with van der Waals surface area (Å²) in [6, 6.07) is 4.19. The Morgan fingerprint density at radius 3 is 2.26 bits per heavy atom. The molecule has 8 heteroatoms. The van der Waals surface area contributed by atoms with Crippen LogP contribution >= 0.6 is 0 Å². The van der Waals surface area contributed by atoms with Crippen LogP contribution in [0.4, 0.5) is 5.69 Å². The van der Waals surface area contributed by atoms with Crippen molar-refractivity contribution in [3.63, 3.8) is 0 Å². The average Bonchev–Trinajstić information content (AvgIpc) is 2.46. The molecule has 1 rings (SSSR count). The van der Waals surface area contributed by atoms with Gasteiger partial charge in [-0.1, -0.05) is 26.0 Å². The number of benzene rings is 1. The number of aliphatic hydroxyl groups excluding tert-OH is 1. The third kappa shape index (κ3) is 6.03. The Balaban J connectivity index is 2.73. The zero-order valence-electron chi connectivity index (χ0n) is 12.9. The summed E-state index contributed by atoms with van der Waals surface area (Å²) in [5.41, 5.74) is 0.429. The van der Waals surface area contributed by atoms with Gasteiger partial charge < -0.3 is 15.5 Å². The summed E-state index contributed by atoms with van der Waals surface area (Å²) in [5, 5.41) is 31.8. The molecule has 0 bridgehead atoms. The van der Waals surface area contributed by atoms with Gasteiger partial charge in [-0.15, -0.1) is 0 Å². The highest BCUT2D eigenvalue weighted by molar-refractivity contribution is 5.86. The van der Waals surface area contributed by atoms with Gasteiger partial charge in [0.25, 0.3) is 5.69 Å². The summed E-state index contributed by atoms with van der Waals surface area (Å²) in [4.78, 5) is 33.1. The molecule has 0 spiro atoms. The predicted octanol–water partition coefficient (Wildman–Crippen LogP) is 1.11. The summed E-state index contributed by atoms with van der Waals surface area (Å²) in [5.74, 6) is -1.89. The summed E-state index contributed by atoms with van der Waals surface area (Å²) >= 11 is 0. The Morgan fingerprint density at radius 1 is 1.26 bits per heavy atom. The maximum absolute atomic E-state index is 11.8. The van der Waals surface area contributed by atoms with Crippen LogP contribution in [-0.2, 0) is 16.0 Å². The normalized spacial score (nSPS) is 13.4. The van der Waals surface area contributed by atoms with Crippen molar-refractivity contribution in [2.75, 3.05) is 0 Å². The van der Waals surface area contributed by atoms with Crippen LogP contribution in [-0.4, -0.2) is 39.2 Å². The highest BCUT2D eigenvalue weighted by Gasteiger charge is 2.24. The molecule has 0 aromatic heterocycles. The molecule has 8 nitrogen and oxygen atoms in total. The van der Waals surface area contributed by atoms with Gasteiger partial charge in [0.1, 0.15) is 12.1 Å². The molecular weight excluding hydrogens is 304 g/mol. The zero-order chi connectivity index (χ0) is 17.6. The number of nitro benzene ring substituents is 1. The maximum atomic E-state index is 11.8. The lowest BCUT2D eigenvalue weighted by molar-refractivity contribution is -0.384. The van der Waals surface area contributed by atoms with Crippen molar-refractivity contribution >= 4 is 17.6 Å². The van der Waals surface area contributed by atoms with Gasteiger partial charge in [-0.2, -0.15) is 0 Å². The number of carbonyl (C=O) groups excluding carboxylic acids is 1. The van der Waals surface area contributed by atoms with Crippen molar-refractivity contribution < 1.29 is 24.7 Å². The van der Waals surface area contributed by atoms with E-state index in [1.165, 1.54) is 24.3 Å². The Labute approximate surface area is 133 Å². The summed E-state index contributed by atoms with van der Waals surface area (Å²) in [6.07, 6.45) is -1.07. The van der Waals surface area contributed by atoms with Crippen molar-refractivity contribution in [1.82, 2.24) is 5.32 Å². The van der Waals surface area contributed by atoms with Gasteiger partial charge in [0.2, 0.25) is 5.91 Å². The molecule has 126 valence electrons. The van der Waals surface area contributed by atoms with Crippen molar-refractivity contribution in [3.8, 4) is 0 Å². The molecule has 23 heavy (non-hydrogen) atoms. The molecule has 2 atom stereocenters. The molecule has 1 aromatic rings. The van der Waals surface area contributed by atoms with Gasteiger partial charge in [-0.05, 0) is 17.9 Å². The van der Waals surface area contributed by atoms with Crippen molar-refractivity contribution in [2.45, 2.75) is 38.8 Å². The molecule has 0 unspecified atom stereocenters. The second-order valence-corrected chi connectivity index (χ2v) is 5.67. The molecule has 0 saturated carbocycles. The number of carbonyl (C=O) groups is 2. The number of nitrogens with one attached hydrogen (secondary N) is 1. The first kappa shape index (κ1) is 18.6. The topological polar surface area (TPSA) is 130 Å². The smallest absolute Gasteiger partial charge is 0.326 e. The van der Waals surface area contributed by atoms with Crippen LogP contribution in [0, 0.1) is 16.0 Å². The minimum atomic E-state index is -1.27. The number of hydrogen-bond donors (Lipinski definition) is 3. The van der Waals surface area contributed by atoms with Gasteiger partial charge in [-0.3, -0.25) is 14.9 Å². The molecule has 0 aliphatic carbocycles. The first-order valence-electron chi connectivity index (χ1n) is 7.15. The van der Waals surface area contributed by atoms with Gasteiger partial charge in [0.05, 0.1) is 4.92 Å². The molecule has 0 saturated heterocycles. The van der Waals surface area contributed by atoms with Gasteiger partial charge in [-0.25, -0.2) is 4.79 Å². The van der Waals surface area contributed by atoms with Gasteiger partial charge >= 0.3 is 5.97 Å². The van der Waals surface area contributed by atoms with E-state index < -0.39 is 28.9 Å². The predicted molar refractivity (Wildman–Crippen MR) is 81.8 cm³/mol. The van der Waals surface area contributed by atoms with E-state index in [4.69, 9.17) is 0 Å². The third-order valence-electron chi connectivity index (χ3n) is 3.20. The molecule has 0 radical (unpaired) electrons. The highest BCUT2D eigenvalue weighted by atomic mass is 16.6. The van der Waals surface area contributed by atoms with Crippen molar-refractivity contribution in [3.05, 3.63) is 39.9 Å². The molecular formula is C15H20N2O6. The monoisotopic (exact) mass is 324 g/mol. The van der Waals surface area contributed by atoms with Gasteiger partial charge in [0.15, 0.2) is 0 Å². The minimum Gasteiger partial charge on any atom is -0.480 e. The molecule has 1 aromatic carbocycles. The third-order valence-corrected chi connectivity index (χ3v) is 3.20. The molecule has 0 aliphatic heterocycles. The van der Waals surface area contributed by atoms with Crippen LogP contribution in [0.5, 0.6) is 0 Å². The second kappa shape index (κ2) is 8.23. The van der Waals surface area contributed by atoms with Crippen LogP contribution < -0.4 is 5.32 Å². The minimum absolute atomic E-state index is 0.0343. The number of aliphatic hydroxyl groups is 1. The van der Waals surface area contributed by atoms with E-state index >= 15 is 0 Å². The summed E-state index contributed by atoms with van der Waals surface area (Å²) < 4.78 is 0. The Hall–Kier alpha value is -2.48. The van der Waals surface area contributed by atoms with E-state index in [1.54, 1.807) is 0 Å². The Morgan fingerprint density at radius 2 is 1.83 bits per heavy atom. The quantitative estimate of drug-likeness (QED) is 0.485. The van der Waals surface area contributed by atoms with Crippen LogP contribution in [0.2, 0.25) is 0 Å². The van der Waals surface area contributed by atoms with E-state index in [1.807, 2.05) is 13.8 Å². The zero-order valence-corrected chi connectivity index (χ0v) is 12.9. The summed E-state index contributed by atoms with van der Waals surface area (Å²) in [6.45, 7) is 3.67. The molecule has 1 amide bonds. The van der Waals surface area contributed by atoms with Crippen molar-refractivity contribution in [2.24, 2.45) is 5.92 Å². The molecule has 0 aliphatic rings. The summed E-state index contributed by atoms with van der Waals surface area (Å²) in [7, 11) is 0. The first-order chi connectivity index (χ1) is 10.7. The Bertz CT molecular complexity index is 570. The van der Waals surface area contributed by atoms with E-state index in [0.29, 0.717) is 5.56 Å². The standard InChI is InChI=1S/C15H20N2O6/c1-9(2)7-13(18)14(19)16-12(15(20)21)8-10-3-5-11(6-4-10)17(22)23/h3-6,9,12-13,18H,7-8H2,1-2H3,(H,16,19)(H,20,21)/t12-,13+/m1/s1. The fraction of sp³-hybridized carbons (Fsp3) is 0.467. The molecule has 0 heterocycles. The SMILES string of the molecule is CC(C)C[C@H](O)C(=O)N[C@H](Cc1ccc([N+](=O)[O-])cc1)C(=O)O. The number of carboxylic acids is 1. The number of nitrogens with zero attached hydrogens (tertiary/aromatic N) is 1. The lowest BCUT2D eigenvalue weighted by Crippen LogP contribution is -2.46. The fourth-order valence-corrected chi connectivity index (χ4v) is 2.01. The lowest BCUT2D eigenvalue weighted by atomic mass is 10.0. The maximum Gasteiger partial charge on any atom is 0.326 e.